The predicted octanol–water partition coefficient (Wildman–Crippen LogP) is 1.33. The van der Waals surface area contributed by atoms with Crippen molar-refractivity contribution in [1.29, 1.82) is 0 Å². The topological polar surface area (TPSA) is 75.6 Å². The molecule has 5 nitrogen and oxygen atoms in total. The van der Waals surface area contributed by atoms with Crippen LogP contribution in [0.25, 0.3) is 0 Å². The summed E-state index contributed by atoms with van der Waals surface area (Å²) < 4.78 is 5.02. The van der Waals surface area contributed by atoms with Crippen LogP contribution >= 0.6 is 11.8 Å². The minimum Gasteiger partial charge on any atom is -0.480 e. The van der Waals surface area contributed by atoms with E-state index in [1.54, 1.807) is 32.5 Å². The Morgan fingerprint density at radius 3 is 2.31 bits per heavy atom. The van der Waals surface area contributed by atoms with Gasteiger partial charge in [-0.05, 0) is 32.3 Å². The van der Waals surface area contributed by atoms with E-state index < -0.39 is 23.7 Å². The van der Waals surface area contributed by atoms with Crippen molar-refractivity contribution in [3.63, 3.8) is 0 Å². The quantitative estimate of drug-likeness (QED) is 0.786. The van der Waals surface area contributed by atoms with Crippen LogP contribution in [-0.2, 0) is 9.53 Å². The highest BCUT2D eigenvalue weighted by molar-refractivity contribution is 8.00. The monoisotopic (exact) mass is 247 g/mol. The molecule has 0 aliphatic carbocycles. The van der Waals surface area contributed by atoms with E-state index in [0.717, 1.165) is 11.5 Å². The van der Waals surface area contributed by atoms with Crippen LogP contribution < -0.4 is 5.32 Å². The molecule has 1 atom stereocenters. The summed E-state index contributed by atoms with van der Waals surface area (Å²) in [5.41, 5.74) is -0.610. The number of alkyl carbamates (subject to hydrolysis) is 1. The first-order chi connectivity index (χ1) is 7.29. The third-order valence-electron chi connectivity index (χ3n) is 2.07. The van der Waals surface area contributed by atoms with Gasteiger partial charge in [0.1, 0.15) is 11.6 Å². The number of carbonyl (C=O) groups excluding carboxylic acids is 1. The molecule has 1 heterocycles. The molecule has 1 aliphatic rings. The summed E-state index contributed by atoms with van der Waals surface area (Å²) >= 11 is 1.68. The van der Waals surface area contributed by atoms with Gasteiger partial charge >= 0.3 is 12.1 Å². The number of carboxylic acid groups (broad SMARTS) is 1. The molecular formula is C10H17NO4S. The Morgan fingerprint density at radius 2 is 2.00 bits per heavy atom. The Kier molecular flexibility index (Phi) is 4.07. The number of thioether (sulfide) groups is 1. The van der Waals surface area contributed by atoms with Crippen LogP contribution in [0.4, 0.5) is 4.79 Å². The molecule has 0 saturated carbocycles. The molecule has 0 aromatic rings. The summed E-state index contributed by atoms with van der Waals surface area (Å²) in [5.74, 6) is 0.547. The molecule has 16 heavy (non-hydrogen) atoms. The van der Waals surface area contributed by atoms with Gasteiger partial charge in [0.2, 0.25) is 0 Å². The second-order valence-electron chi connectivity index (χ2n) is 4.76. The molecule has 0 radical (unpaired) electrons. The summed E-state index contributed by atoms with van der Waals surface area (Å²) in [6.07, 6.45) is -0.670. The second-order valence-corrected chi connectivity index (χ2v) is 5.83. The molecule has 2 N–H and O–H groups in total. The number of rotatable bonds is 3. The van der Waals surface area contributed by atoms with Crippen molar-refractivity contribution in [3.8, 4) is 0 Å². The van der Waals surface area contributed by atoms with E-state index in [2.05, 4.69) is 5.32 Å². The Hall–Kier alpha value is -0.910. The average Bonchev–Trinajstić information content (AvgIpc) is 1.95. The number of hydrogen-bond acceptors (Lipinski definition) is 4. The smallest absolute Gasteiger partial charge is 0.408 e. The van der Waals surface area contributed by atoms with Gasteiger partial charge < -0.3 is 15.2 Å². The first-order valence-corrected chi connectivity index (χ1v) is 6.25. The lowest BCUT2D eigenvalue weighted by Crippen LogP contribution is -2.51. The Morgan fingerprint density at radius 1 is 1.44 bits per heavy atom. The molecule has 1 fully saturated rings. The maximum atomic E-state index is 11.4. The van der Waals surface area contributed by atoms with Gasteiger partial charge in [0, 0.05) is 5.92 Å². The van der Waals surface area contributed by atoms with E-state index >= 15 is 0 Å². The first kappa shape index (κ1) is 13.2. The summed E-state index contributed by atoms with van der Waals surface area (Å²) in [4.78, 5) is 22.4. The molecule has 0 unspecified atom stereocenters. The van der Waals surface area contributed by atoms with Crippen LogP contribution in [0.2, 0.25) is 0 Å². The lowest BCUT2D eigenvalue weighted by Gasteiger charge is -2.31. The van der Waals surface area contributed by atoms with E-state index in [4.69, 9.17) is 9.84 Å². The molecular weight excluding hydrogens is 230 g/mol. The maximum Gasteiger partial charge on any atom is 0.408 e. The first-order valence-electron chi connectivity index (χ1n) is 5.09. The maximum absolute atomic E-state index is 11.4. The molecule has 0 bridgehead atoms. The molecule has 0 aromatic carbocycles. The van der Waals surface area contributed by atoms with Gasteiger partial charge in [0.15, 0.2) is 0 Å². The number of hydrogen-bond donors (Lipinski definition) is 2. The number of aliphatic carboxylic acids is 1. The van der Waals surface area contributed by atoms with Gasteiger partial charge in [-0.3, -0.25) is 0 Å². The lowest BCUT2D eigenvalue weighted by molar-refractivity contribution is -0.140. The molecule has 0 spiro atoms. The minimum atomic E-state index is -1.00. The molecule has 1 amide bonds. The Balaban J connectivity index is 2.48. The van der Waals surface area contributed by atoms with Crippen molar-refractivity contribution in [1.82, 2.24) is 5.32 Å². The molecule has 1 saturated heterocycles. The third-order valence-corrected chi connectivity index (χ3v) is 3.40. The van der Waals surface area contributed by atoms with Crippen molar-refractivity contribution in [2.75, 3.05) is 11.5 Å². The fourth-order valence-electron chi connectivity index (χ4n) is 1.26. The van der Waals surface area contributed by atoms with Crippen molar-refractivity contribution < 1.29 is 19.4 Å². The van der Waals surface area contributed by atoms with Crippen LogP contribution in [0.15, 0.2) is 0 Å². The van der Waals surface area contributed by atoms with E-state index in [-0.39, 0.29) is 5.92 Å². The highest BCUT2D eigenvalue weighted by atomic mass is 32.2. The highest BCUT2D eigenvalue weighted by Crippen LogP contribution is 2.27. The van der Waals surface area contributed by atoms with Crippen molar-refractivity contribution >= 4 is 23.8 Å². The highest BCUT2D eigenvalue weighted by Gasteiger charge is 2.35. The summed E-state index contributed by atoms with van der Waals surface area (Å²) in [5, 5.41) is 11.4. The third kappa shape index (κ3) is 3.92. The van der Waals surface area contributed by atoms with Crippen molar-refractivity contribution in [3.05, 3.63) is 0 Å². The fourth-order valence-corrected chi connectivity index (χ4v) is 2.15. The van der Waals surface area contributed by atoms with Crippen molar-refractivity contribution in [2.45, 2.75) is 32.4 Å². The Labute approximate surface area is 98.9 Å². The second kappa shape index (κ2) is 4.95. The number of ether oxygens (including phenoxy) is 1. The van der Waals surface area contributed by atoms with Gasteiger partial charge in [-0.25, -0.2) is 9.59 Å². The normalized spacial score (nSPS) is 18.4. The lowest BCUT2D eigenvalue weighted by atomic mass is 10.0. The number of carboxylic acids is 1. The predicted molar refractivity (Wildman–Crippen MR) is 61.6 cm³/mol. The largest absolute Gasteiger partial charge is 0.480 e. The van der Waals surface area contributed by atoms with Gasteiger partial charge in [-0.2, -0.15) is 11.8 Å². The molecule has 1 aliphatic heterocycles. The summed E-state index contributed by atoms with van der Waals surface area (Å²) in [6.45, 7) is 5.21. The van der Waals surface area contributed by atoms with E-state index in [1.807, 2.05) is 0 Å². The van der Waals surface area contributed by atoms with Gasteiger partial charge in [0.25, 0.3) is 0 Å². The fraction of sp³-hybridized carbons (Fsp3) is 0.800. The van der Waals surface area contributed by atoms with E-state index in [9.17, 15) is 9.59 Å². The average molecular weight is 247 g/mol. The Bertz CT molecular complexity index is 283. The van der Waals surface area contributed by atoms with Gasteiger partial charge in [0.05, 0.1) is 0 Å². The van der Waals surface area contributed by atoms with Gasteiger partial charge in [-0.15, -0.1) is 0 Å². The van der Waals surface area contributed by atoms with Crippen LogP contribution in [0.1, 0.15) is 20.8 Å². The summed E-state index contributed by atoms with van der Waals surface area (Å²) in [6, 6.07) is -0.837. The summed E-state index contributed by atoms with van der Waals surface area (Å²) in [7, 11) is 0. The van der Waals surface area contributed by atoms with Crippen LogP contribution in [0.5, 0.6) is 0 Å². The molecule has 92 valence electrons. The molecule has 1 rings (SSSR count). The van der Waals surface area contributed by atoms with Crippen LogP contribution in [-0.4, -0.2) is 40.3 Å². The number of nitrogens with one attached hydrogen (secondary N) is 1. The number of amides is 1. The van der Waals surface area contributed by atoms with Gasteiger partial charge in [-0.1, -0.05) is 0 Å². The number of carbonyl (C=O) groups is 2. The van der Waals surface area contributed by atoms with Crippen LogP contribution in [0.3, 0.4) is 0 Å². The zero-order valence-corrected chi connectivity index (χ0v) is 10.5. The SMILES string of the molecule is CC(C)(C)OC(=O)N[C@@H](C(=O)O)C1CSC1. The van der Waals surface area contributed by atoms with Crippen molar-refractivity contribution in [2.24, 2.45) is 5.92 Å². The molecule has 0 aromatic heterocycles. The zero-order valence-electron chi connectivity index (χ0n) is 9.65. The minimum absolute atomic E-state index is 0.00928. The standard InChI is InChI=1S/C10H17NO4S/c1-10(2,3)15-9(14)11-7(8(12)13)6-4-16-5-6/h6-7H,4-5H2,1-3H3,(H,11,14)(H,12,13)/t7-/m1/s1. The van der Waals surface area contributed by atoms with E-state index in [0.29, 0.717) is 0 Å². The zero-order chi connectivity index (χ0) is 12.3. The van der Waals surface area contributed by atoms with Crippen LogP contribution in [0, 0.1) is 5.92 Å². The van der Waals surface area contributed by atoms with E-state index in [1.165, 1.54) is 0 Å². The molecule has 6 heteroatoms.